The molecule has 1 aromatic heterocycles. The SMILES string of the molecule is C=C(CC)N1CC([C@@H](C)c2ccc(C(N)=O)c3[nH]ccc23)C1. The first-order chi connectivity index (χ1) is 10.5. The van der Waals surface area contributed by atoms with E-state index in [-0.39, 0.29) is 5.91 Å². The highest BCUT2D eigenvalue weighted by molar-refractivity contribution is 6.05. The Hall–Kier alpha value is -2.23. The number of H-pyrrole nitrogens is 1. The van der Waals surface area contributed by atoms with Crippen molar-refractivity contribution in [3.05, 3.63) is 47.8 Å². The second-order valence-electron chi connectivity index (χ2n) is 6.21. The van der Waals surface area contributed by atoms with Gasteiger partial charge in [0.05, 0.1) is 11.1 Å². The van der Waals surface area contributed by atoms with Gasteiger partial charge in [0.15, 0.2) is 0 Å². The number of aromatic nitrogens is 1. The lowest BCUT2D eigenvalue weighted by Crippen LogP contribution is -2.47. The summed E-state index contributed by atoms with van der Waals surface area (Å²) in [5.74, 6) is 0.683. The summed E-state index contributed by atoms with van der Waals surface area (Å²) in [4.78, 5) is 17.0. The van der Waals surface area contributed by atoms with Crippen molar-refractivity contribution in [2.75, 3.05) is 13.1 Å². The molecule has 4 heteroatoms. The molecule has 0 spiro atoms. The minimum Gasteiger partial charge on any atom is -0.375 e. The first-order valence-corrected chi connectivity index (χ1v) is 7.85. The fourth-order valence-corrected chi connectivity index (χ4v) is 3.35. The number of aromatic amines is 1. The number of nitrogens with zero attached hydrogens (tertiary/aromatic N) is 1. The number of carbonyl (C=O) groups is 1. The van der Waals surface area contributed by atoms with Gasteiger partial charge in [0, 0.05) is 36.3 Å². The van der Waals surface area contributed by atoms with E-state index >= 15 is 0 Å². The van der Waals surface area contributed by atoms with Crippen molar-refractivity contribution in [2.24, 2.45) is 11.7 Å². The molecule has 1 atom stereocenters. The van der Waals surface area contributed by atoms with Gasteiger partial charge in [-0.3, -0.25) is 4.79 Å². The van der Waals surface area contributed by atoms with Gasteiger partial charge in [0.1, 0.15) is 0 Å². The number of rotatable bonds is 5. The van der Waals surface area contributed by atoms with E-state index in [4.69, 9.17) is 5.73 Å². The van der Waals surface area contributed by atoms with Gasteiger partial charge in [-0.25, -0.2) is 0 Å². The Balaban J connectivity index is 1.86. The number of hydrogen-bond donors (Lipinski definition) is 2. The minimum atomic E-state index is -0.388. The lowest BCUT2D eigenvalue weighted by molar-refractivity contribution is 0.100. The molecule has 0 radical (unpaired) electrons. The largest absolute Gasteiger partial charge is 0.375 e. The van der Waals surface area contributed by atoms with Crippen LogP contribution < -0.4 is 5.73 Å². The minimum absolute atomic E-state index is 0.388. The predicted molar refractivity (Wildman–Crippen MR) is 89.7 cm³/mol. The number of nitrogens with two attached hydrogens (primary N) is 1. The molecule has 1 fully saturated rings. The van der Waals surface area contributed by atoms with Gasteiger partial charge in [0.25, 0.3) is 5.91 Å². The number of primary amides is 1. The van der Waals surface area contributed by atoms with E-state index in [0.29, 0.717) is 17.4 Å². The molecule has 3 N–H and O–H groups in total. The third kappa shape index (κ3) is 2.28. The zero-order valence-electron chi connectivity index (χ0n) is 13.2. The quantitative estimate of drug-likeness (QED) is 0.890. The summed E-state index contributed by atoms with van der Waals surface area (Å²) in [6.07, 6.45) is 2.88. The van der Waals surface area contributed by atoms with Gasteiger partial charge in [-0.2, -0.15) is 0 Å². The van der Waals surface area contributed by atoms with Crippen LogP contribution in [0.1, 0.15) is 42.1 Å². The van der Waals surface area contributed by atoms with Crippen LogP contribution in [0.5, 0.6) is 0 Å². The highest BCUT2D eigenvalue weighted by atomic mass is 16.1. The van der Waals surface area contributed by atoms with Crippen LogP contribution in [0.15, 0.2) is 36.7 Å². The van der Waals surface area contributed by atoms with E-state index < -0.39 is 0 Å². The van der Waals surface area contributed by atoms with E-state index in [2.05, 4.69) is 36.4 Å². The van der Waals surface area contributed by atoms with Gasteiger partial charge in [-0.1, -0.05) is 26.5 Å². The molecule has 0 aliphatic carbocycles. The van der Waals surface area contributed by atoms with Gasteiger partial charge in [0.2, 0.25) is 0 Å². The van der Waals surface area contributed by atoms with E-state index in [9.17, 15) is 4.79 Å². The molecule has 1 aliphatic heterocycles. The maximum Gasteiger partial charge on any atom is 0.250 e. The van der Waals surface area contributed by atoms with Crippen LogP contribution in [0, 0.1) is 5.92 Å². The second kappa shape index (κ2) is 5.52. The van der Waals surface area contributed by atoms with E-state index in [1.807, 2.05) is 18.3 Å². The maximum absolute atomic E-state index is 11.5. The first kappa shape index (κ1) is 14.7. The Morgan fingerprint density at radius 2 is 2.18 bits per heavy atom. The molecule has 1 saturated heterocycles. The number of hydrogen-bond acceptors (Lipinski definition) is 2. The van der Waals surface area contributed by atoms with Gasteiger partial charge in [-0.05, 0) is 30.0 Å². The molecule has 2 heterocycles. The topological polar surface area (TPSA) is 62.1 Å². The zero-order chi connectivity index (χ0) is 15.9. The van der Waals surface area contributed by atoms with E-state index in [0.717, 1.165) is 30.4 Å². The van der Waals surface area contributed by atoms with Crippen molar-refractivity contribution in [1.29, 1.82) is 0 Å². The van der Waals surface area contributed by atoms with Gasteiger partial charge >= 0.3 is 0 Å². The third-order valence-electron chi connectivity index (χ3n) is 4.99. The van der Waals surface area contributed by atoms with Gasteiger partial charge < -0.3 is 15.6 Å². The Morgan fingerprint density at radius 3 is 2.82 bits per heavy atom. The molecule has 116 valence electrons. The number of amides is 1. The number of likely N-dealkylation sites (tertiary alicyclic amines) is 1. The molecule has 1 aliphatic rings. The number of nitrogens with one attached hydrogen (secondary N) is 1. The molecule has 0 bridgehead atoms. The standard InChI is InChI=1S/C18H23N3O/c1-4-11(2)21-9-13(10-21)12(3)14-5-6-16(18(19)22)17-15(14)7-8-20-17/h5-8,12-13,20H,2,4,9-10H2,1,3H3,(H2,19,22)/t12-/m1/s1. The highest BCUT2D eigenvalue weighted by Crippen LogP contribution is 2.37. The van der Waals surface area contributed by atoms with Crippen LogP contribution in [0.25, 0.3) is 10.9 Å². The first-order valence-electron chi connectivity index (χ1n) is 7.85. The van der Waals surface area contributed by atoms with E-state index in [1.54, 1.807) is 0 Å². The fraction of sp³-hybridized carbons (Fsp3) is 0.389. The molecule has 4 nitrogen and oxygen atoms in total. The molecule has 22 heavy (non-hydrogen) atoms. The number of allylic oxidation sites excluding steroid dienone is 1. The smallest absolute Gasteiger partial charge is 0.250 e. The summed E-state index contributed by atoms with van der Waals surface area (Å²) in [7, 11) is 0. The summed E-state index contributed by atoms with van der Waals surface area (Å²) in [6, 6.07) is 5.93. The van der Waals surface area contributed by atoms with Gasteiger partial charge in [-0.15, -0.1) is 0 Å². The number of fused-ring (bicyclic) bond motifs is 1. The van der Waals surface area contributed by atoms with Crippen molar-refractivity contribution in [3.63, 3.8) is 0 Å². The Bertz CT molecular complexity index is 725. The number of benzene rings is 1. The van der Waals surface area contributed by atoms with Crippen LogP contribution in [0.2, 0.25) is 0 Å². The Morgan fingerprint density at radius 1 is 1.45 bits per heavy atom. The van der Waals surface area contributed by atoms with Crippen molar-refractivity contribution in [2.45, 2.75) is 26.2 Å². The van der Waals surface area contributed by atoms with Crippen molar-refractivity contribution in [1.82, 2.24) is 9.88 Å². The average molecular weight is 297 g/mol. The molecule has 1 amide bonds. The molecular weight excluding hydrogens is 274 g/mol. The number of carbonyl (C=O) groups excluding carboxylic acids is 1. The Labute approximate surface area is 131 Å². The summed E-state index contributed by atoms with van der Waals surface area (Å²) < 4.78 is 0. The third-order valence-corrected chi connectivity index (χ3v) is 4.99. The van der Waals surface area contributed by atoms with Crippen LogP contribution in [0.3, 0.4) is 0 Å². The van der Waals surface area contributed by atoms with Crippen molar-refractivity contribution >= 4 is 16.8 Å². The van der Waals surface area contributed by atoms with Crippen LogP contribution in [-0.2, 0) is 0 Å². The molecule has 0 unspecified atom stereocenters. The molecular formula is C18H23N3O. The van der Waals surface area contributed by atoms with Crippen LogP contribution in [0.4, 0.5) is 0 Å². The maximum atomic E-state index is 11.5. The van der Waals surface area contributed by atoms with Crippen molar-refractivity contribution < 1.29 is 4.79 Å². The normalized spacial score (nSPS) is 16.5. The summed E-state index contributed by atoms with van der Waals surface area (Å²) in [5, 5.41) is 1.11. The van der Waals surface area contributed by atoms with Crippen LogP contribution >= 0.6 is 0 Å². The predicted octanol–water partition coefficient (Wildman–Crippen LogP) is 3.23. The lowest BCUT2D eigenvalue weighted by atomic mass is 9.80. The average Bonchev–Trinajstić information content (AvgIpc) is 2.93. The molecule has 2 aromatic rings. The van der Waals surface area contributed by atoms with Crippen LogP contribution in [-0.4, -0.2) is 28.9 Å². The summed E-state index contributed by atoms with van der Waals surface area (Å²) in [5.41, 5.74) is 9.37. The monoisotopic (exact) mass is 297 g/mol. The van der Waals surface area contributed by atoms with E-state index in [1.165, 1.54) is 11.3 Å². The fourth-order valence-electron chi connectivity index (χ4n) is 3.35. The zero-order valence-corrected chi connectivity index (χ0v) is 13.2. The van der Waals surface area contributed by atoms with Crippen molar-refractivity contribution in [3.8, 4) is 0 Å². The summed E-state index contributed by atoms with van der Waals surface area (Å²) in [6.45, 7) is 10.6. The second-order valence-corrected chi connectivity index (χ2v) is 6.21. The summed E-state index contributed by atoms with van der Waals surface area (Å²) >= 11 is 0. The lowest BCUT2D eigenvalue weighted by Gasteiger charge is -2.45. The molecule has 3 rings (SSSR count). The highest BCUT2D eigenvalue weighted by Gasteiger charge is 2.33. The Kier molecular flexibility index (Phi) is 3.69. The molecule has 1 aromatic carbocycles. The molecule has 0 saturated carbocycles.